The fraction of sp³-hybridized carbons (Fsp3) is 0.517. The highest BCUT2D eigenvalue weighted by Gasteiger charge is 2.08. The maximum atomic E-state index is 6.00. The molecule has 2 rings (SSSR count). The molecule has 0 spiro atoms. The zero-order valence-corrected chi connectivity index (χ0v) is 23.5. The molecule has 0 atom stereocenters. The molecule has 0 aliphatic heterocycles. The van der Waals surface area contributed by atoms with Gasteiger partial charge in [-0.3, -0.25) is 0 Å². The number of unbranched alkanes of at least 4 members (excludes halogenated alkanes) is 6. The lowest BCUT2D eigenvalue weighted by molar-refractivity contribution is 0.284. The van der Waals surface area contributed by atoms with Gasteiger partial charge in [-0.1, -0.05) is 94.3 Å². The summed E-state index contributed by atoms with van der Waals surface area (Å²) in [6.45, 7) is 5.02. The minimum absolute atomic E-state index is 0.480. The third-order valence-corrected chi connectivity index (χ3v) is 8.59. The Kier molecular flexibility index (Phi) is 15.4. The molecule has 0 radical (unpaired) electrons. The molecular formula is C29H41ClO2S2. The van der Waals surface area contributed by atoms with Gasteiger partial charge in [0.15, 0.2) is 11.5 Å². The number of hydrogen-bond donors (Lipinski definition) is 0. The summed E-state index contributed by atoms with van der Waals surface area (Å²) in [6.07, 6.45) is 15.2. The Balaban J connectivity index is 1.95. The first-order chi connectivity index (χ1) is 16.7. The number of hydrogen-bond acceptors (Lipinski definition) is 4. The zero-order chi connectivity index (χ0) is 24.4. The standard InChI is InChI=1S/C29H41ClO2S2/c1-4-6-8-10-20-33-29(34-21-11-9-7-5-2)19-15-24-14-18-27(28(22-24)31-3)32-23-25-12-16-26(30)17-13-25/h12-19,22,29H,4-11,20-21,23H2,1-3H3/b19-15+. The molecule has 0 N–H and O–H groups in total. The number of thioether (sulfide) groups is 2. The van der Waals surface area contributed by atoms with E-state index < -0.39 is 0 Å². The first kappa shape index (κ1) is 29.0. The van der Waals surface area contributed by atoms with Gasteiger partial charge in [-0.15, -0.1) is 23.5 Å². The minimum Gasteiger partial charge on any atom is -0.493 e. The van der Waals surface area contributed by atoms with Crippen molar-refractivity contribution >= 4 is 41.2 Å². The predicted molar refractivity (Wildman–Crippen MR) is 155 cm³/mol. The third kappa shape index (κ3) is 12.0. The van der Waals surface area contributed by atoms with Gasteiger partial charge in [0.25, 0.3) is 0 Å². The van der Waals surface area contributed by atoms with Crippen molar-refractivity contribution in [1.82, 2.24) is 0 Å². The van der Waals surface area contributed by atoms with Crippen molar-refractivity contribution in [3.8, 4) is 11.5 Å². The molecule has 188 valence electrons. The second-order valence-corrected chi connectivity index (χ2v) is 11.6. The SMILES string of the molecule is CCCCCCSC(/C=C/c1ccc(OCc2ccc(Cl)cc2)c(OC)c1)SCCCCCC. The summed E-state index contributed by atoms with van der Waals surface area (Å²) in [5.41, 5.74) is 2.21. The molecular weight excluding hydrogens is 480 g/mol. The van der Waals surface area contributed by atoms with Crippen LogP contribution in [0.1, 0.15) is 76.3 Å². The Morgan fingerprint density at radius 2 is 1.47 bits per heavy atom. The molecule has 2 nitrogen and oxygen atoms in total. The molecule has 0 saturated heterocycles. The Morgan fingerprint density at radius 1 is 0.824 bits per heavy atom. The first-order valence-electron chi connectivity index (χ1n) is 12.6. The van der Waals surface area contributed by atoms with Gasteiger partial charge in [0.2, 0.25) is 0 Å². The van der Waals surface area contributed by atoms with Gasteiger partial charge in [0, 0.05) is 5.02 Å². The van der Waals surface area contributed by atoms with E-state index in [0.29, 0.717) is 11.2 Å². The fourth-order valence-electron chi connectivity index (χ4n) is 3.45. The average Bonchev–Trinajstić information content (AvgIpc) is 2.86. The van der Waals surface area contributed by atoms with Gasteiger partial charge in [0.05, 0.1) is 11.7 Å². The second-order valence-electron chi connectivity index (χ2n) is 8.42. The van der Waals surface area contributed by atoms with E-state index in [-0.39, 0.29) is 0 Å². The van der Waals surface area contributed by atoms with Crippen LogP contribution in [-0.2, 0) is 6.61 Å². The molecule has 0 aromatic heterocycles. The van der Waals surface area contributed by atoms with Crippen molar-refractivity contribution in [3.63, 3.8) is 0 Å². The van der Waals surface area contributed by atoms with Crippen molar-refractivity contribution in [1.29, 1.82) is 0 Å². The van der Waals surface area contributed by atoms with Crippen LogP contribution in [0.25, 0.3) is 6.08 Å². The van der Waals surface area contributed by atoms with Crippen LogP contribution in [0, 0.1) is 0 Å². The Hall–Kier alpha value is -1.23. The van der Waals surface area contributed by atoms with Crippen LogP contribution >= 0.6 is 35.1 Å². The molecule has 0 saturated carbocycles. The minimum atomic E-state index is 0.480. The summed E-state index contributed by atoms with van der Waals surface area (Å²) >= 11 is 10.1. The lowest BCUT2D eigenvalue weighted by atomic mass is 10.2. The zero-order valence-electron chi connectivity index (χ0n) is 21.1. The van der Waals surface area contributed by atoms with Crippen LogP contribution in [0.2, 0.25) is 5.02 Å². The van der Waals surface area contributed by atoms with Gasteiger partial charge < -0.3 is 9.47 Å². The van der Waals surface area contributed by atoms with Crippen molar-refractivity contribution in [2.24, 2.45) is 0 Å². The van der Waals surface area contributed by atoms with Crippen LogP contribution < -0.4 is 9.47 Å². The molecule has 0 fully saturated rings. The summed E-state index contributed by atoms with van der Waals surface area (Å²) in [7, 11) is 1.69. The highest BCUT2D eigenvalue weighted by molar-refractivity contribution is 8.17. The molecule has 2 aromatic rings. The molecule has 2 aromatic carbocycles. The Labute approximate surface area is 221 Å². The monoisotopic (exact) mass is 520 g/mol. The fourth-order valence-corrected chi connectivity index (χ4v) is 6.13. The van der Waals surface area contributed by atoms with Gasteiger partial charge in [0.1, 0.15) is 6.61 Å². The highest BCUT2D eigenvalue weighted by Crippen LogP contribution is 2.31. The van der Waals surface area contributed by atoms with Crippen LogP contribution in [0.5, 0.6) is 11.5 Å². The molecule has 0 heterocycles. The van der Waals surface area contributed by atoms with E-state index in [2.05, 4.69) is 61.7 Å². The van der Waals surface area contributed by atoms with Crippen LogP contribution in [0.15, 0.2) is 48.5 Å². The first-order valence-corrected chi connectivity index (χ1v) is 15.1. The smallest absolute Gasteiger partial charge is 0.161 e. The second kappa shape index (κ2) is 18.1. The molecule has 5 heteroatoms. The number of methoxy groups -OCH3 is 1. The van der Waals surface area contributed by atoms with Crippen molar-refractivity contribution in [2.75, 3.05) is 18.6 Å². The maximum absolute atomic E-state index is 6.00. The van der Waals surface area contributed by atoms with Crippen molar-refractivity contribution < 1.29 is 9.47 Å². The molecule has 34 heavy (non-hydrogen) atoms. The van der Waals surface area contributed by atoms with E-state index in [1.807, 2.05) is 30.3 Å². The summed E-state index contributed by atoms with van der Waals surface area (Å²) in [4.78, 5) is 0. The Bertz CT molecular complexity index is 809. The van der Waals surface area contributed by atoms with E-state index in [4.69, 9.17) is 21.1 Å². The number of halogens is 1. The van der Waals surface area contributed by atoms with Crippen LogP contribution in [0.4, 0.5) is 0 Å². The van der Waals surface area contributed by atoms with Gasteiger partial charge in [-0.2, -0.15) is 0 Å². The quantitative estimate of drug-likeness (QED) is 0.144. The summed E-state index contributed by atoms with van der Waals surface area (Å²) in [6, 6.07) is 13.9. The predicted octanol–water partition coefficient (Wildman–Crippen LogP) is 9.89. The normalized spacial score (nSPS) is 11.4. The van der Waals surface area contributed by atoms with E-state index in [1.54, 1.807) is 7.11 Å². The van der Waals surface area contributed by atoms with E-state index in [9.17, 15) is 0 Å². The van der Waals surface area contributed by atoms with Gasteiger partial charge in [-0.25, -0.2) is 0 Å². The number of rotatable bonds is 18. The topological polar surface area (TPSA) is 18.5 Å². The van der Waals surface area contributed by atoms with E-state index in [1.165, 1.54) is 62.9 Å². The molecule has 0 aliphatic rings. The highest BCUT2D eigenvalue weighted by atomic mass is 35.5. The summed E-state index contributed by atoms with van der Waals surface area (Å²) in [5.74, 6) is 3.98. The number of ether oxygens (including phenoxy) is 2. The van der Waals surface area contributed by atoms with Crippen molar-refractivity contribution in [2.45, 2.75) is 76.4 Å². The lowest BCUT2D eigenvalue weighted by Gasteiger charge is -2.13. The largest absolute Gasteiger partial charge is 0.493 e. The molecule has 0 bridgehead atoms. The van der Waals surface area contributed by atoms with Gasteiger partial charge >= 0.3 is 0 Å². The number of benzene rings is 2. The van der Waals surface area contributed by atoms with Gasteiger partial charge in [-0.05, 0) is 59.7 Å². The molecule has 0 aliphatic carbocycles. The Morgan fingerprint density at radius 3 is 2.06 bits per heavy atom. The maximum Gasteiger partial charge on any atom is 0.161 e. The van der Waals surface area contributed by atoms with Crippen LogP contribution in [0.3, 0.4) is 0 Å². The molecule has 0 unspecified atom stereocenters. The van der Waals surface area contributed by atoms with E-state index in [0.717, 1.165) is 27.6 Å². The average molecular weight is 521 g/mol. The summed E-state index contributed by atoms with van der Waals surface area (Å²) < 4.78 is 12.1. The summed E-state index contributed by atoms with van der Waals surface area (Å²) in [5, 5.41) is 0.731. The third-order valence-electron chi connectivity index (χ3n) is 5.50. The van der Waals surface area contributed by atoms with E-state index >= 15 is 0 Å². The van der Waals surface area contributed by atoms with Crippen molar-refractivity contribution in [3.05, 3.63) is 64.7 Å². The molecule has 0 amide bonds. The lowest BCUT2D eigenvalue weighted by Crippen LogP contribution is -1.98. The van der Waals surface area contributed by atoms with Crippen LogP contribution in [-0.4, -0.2) is 23.2 Å².